The van der Waals surface area contributed by atoms with E-state index in [0.29, 0.717) is 18.2 Å². The van der Waals surface area contributed by atoms with Gasteiger partial charge in [0.1, 0.15) is 11.6 Å². The van der Waals surface area contributed by atoms with Gasteiger partial charge in [-0.15, -0.1) is 0 Å². The van der Waals surface area contributed by atoms with E-state index in [0.717, 1.165) is 38.0 Å². The zero-order valence-corrected chi connectivity index (χ0v) is 12.9. The van der Waals surface area contributed by atoms with Gasteiger partial charge in [-0.3, -0.25) is 9.58 Å². The molecule has 118 valence electrons. The molecule has 0 N–H and O–H groups in total. The second kappa shape index (κ2) is 6.92. The Morgan fingerprint density at radius 3 is 2.77 bits per heavy atom. The van der Waals surface area contributed by atoms with Crippen LogP contribution in [-0.4, -0.2) is 34.9 Å². The molecular formula is C17H22FN3O. The molecule has 2 aromatic rings. The Morgan fingerprint density at radius 2 is 2.14 bits per heavy atom. The number of nitrogens with zero attached hydrogens (tertiary/aromatic N) is 3. The highest BCUT2D eigenvalue weighted by atomic mass is 19.1. The van der Waals surface area contributed by atoms with E-state index in [1.165, 1.54) is 6.07 Å². The monoisotopic (exact) mass is 303 g/mol. The van der Waals surface area contributed by atoms with Crippen LogP contribution in [0, 0.1) is 11.7 Å². The fourth-order valence-corrected chi connectivity index (χ4v) is 3.02. The molecule has 0 saturated carbocycles. The molecule has 5 heteroatoms. The van der Waals surface area contributed by atoms with E-state index in [2.05, 4.69) is 10.00 Å². The van der Waals surface area contributed by atoms with Crippen molar-refractivity contribution in [1.82, 2.24) is 14.7 Å². The lowest BCUT2D eigenvalue weighted by Gasteiger charge is -2.32. The average Bonchev–Trinajstić information content (AvgIpc) is 3.04. The normalized spacial score (nSPS) is 16.8. The first kappa shape index (κ1) is 15.0. The molecule has 0 spiro atoms. The van der Waals surface area contributed by atoms with Crippen molar-refractivity contribution in [3.8, 4) is 5.75 Å². The van der Waals surface area contributed by atoms with Gasteiger partial charge in [-0.05, 0) is 44.0 Å². The lowest BCUT2D eigenvalue weighted by Crippen LogP contribution is -2.34. The van der Waals surface area contributed by atoms with Crippen molar-refractivity contribution >= 4 is 0 Å². The molecule has 0 unspecified atom stereocenters. The Labute approximate surface area is 130 Å². The number of aromatic nitrogens is 2. The molecule has 2 heterocycles. The standard InChI is InChI=1S/C17H22FN3O/c1-22-16-4-3-15(17(18)11-16)13-20-9-5-14(6-10-20)12-21-8-2-7-19-21/h2-4,7-8,11,14H,5-6,9-10,12-13H2,1H3. The summed E-state index contributed by atoms with van der Waals surface area (Å²) in [4.78, 5) is 2.32. The van der Waals surface area contributed by atoms with E-state index >= 15 is 0 Å². The van der Waals surface area contributed by atoms with E-state index in [9.17, 15) is 4.39 Å². The fraction of sp³-hybridized carbons (Fsp3) is 0.471. The number of piperidine rings is 1. The number of rotatable bonds is 5. The maximum atomic E-state index is 14.0. The molecule has 1 aromatic carbocycles. The second-order valence-electron chi connectivity index (χ2n) is 5.90. The number of ether oxygens (including phenoxy) is 1. The highest BCUT2D eigenvalue weighted by molar-refractivity contribution is 5.28. The molecule has 0 aliphatic carbocycles. The molecule has 0 amide bonds. The zero-order chi connectivity index (χ0) is 15.4. The summed E-state index contributed by atoms with van der Waals surface area (Å²) in [6.07, 6.45) is 6.11. The van der Waals surface area contributed by atoms with Crippen molar-refractivity contribution in [3.63, 3.8) is 0 Å². The minimum Gasteiger partial charge on any atom is -0.497 e. The first-order valence-corrected chi connectivity index (χ1v) is 7.77. The SMILES string of the molecule is COc1ccc(CN2CCC(Cn3cccn3)CC2)c(F)c1. The van der Waals surface area contributed by atoms with Crippen molar-refractivity contribution in [2.24, 2.45) is 5.92 Å². The number of hydrogen-bond donors (Lipinski definition) is 0. The molecule has 3 rings (SSSR count). The highest BCUT2D eigenvalue weighted by Gasteiger charge is 2.20. The Morgan fingerprint density at radius 1 is 1.32 bits per heavy atom. The van der Waals surface area contributed by atoms with Gasteiger partial charge in [0.05, 0.1) is 7.11 Å². The van der Waals surface area contributed by atoms with Gasteiger partial charge in [-0.2, -0.15) is 5.10 Å². The van der Waals surface area contributed by atoms with Crippen LogP contribution in [0.4, 0.5) is 4.39 Å². The van der Waals surface area contributed by atoms with Crippen LogP contribution in [0.15, 0.2) is 36.7 Å². The second-order valence-corrected chi connectivity index (χ2v) is 5.90. The van der Waals surface area contributed by atoms with Crippen molar-refractivity contribution in [3.05, 3.63) is 48.0 Å². The van der Waals surface area contributed by atoms with Crippen molar-refractivity contribution in [1.29, 1.82) is 0 Å². The van der Waals surface area contributed by atoms with Crippen LogP contribution in [-0.2, 0) is 13.1 Å². The van der Waals surface area contributed by atoms with E-state index in [4.69, 9.17) is 4.74 Å². The highest BCUT2D eigenvalue weighted by Crippen LogP contribution is 2.22. The predicted octanol–water partition coefficient (Wildman–Crippen LogP) is 2.94. The molecule has 1 aromatic heterocycles. The Hall–Kier alpha value is -1.88. The van der Waals surface area contributed by atoms with Crippen molar-refractivity contribution < 1.29 is 9.13 Å². The third kappa shape index (κ3) is 3.65. The Kier molecular flexibility index (Phi) is 4.73. The summed E-state index contributed by atoms with van der Waals surface area (Å²) in [6, 6.07) is 7.06. The quantitative estimate of drug-likeness (QED) is 0.851. The van der Waals surface area contributed by atoms with Gasteiger partial charge in [0, 0.05) is 37.1 Å². The largest absolute Gasteiger partial charge is 0.497 e. The van der Waals surface area contributed by atoms with E-state index in [1.807, 2.05) is 35.3 Å². The first-order valence-electron chi connectivity index (χ1n) is 7.77. The van der Waals surface area contributed by atoms with Crippen LogP contribution in [0.3, 0.4) is 0 Å². The summed E-state index contributed by atoms with van der Waals surface area (Å²) in [5.74, 6) is 1.05. The van der Waals surface area contributed by atoms with E-state index in [-0.39, 0.29) is 5.82 Å². The van der Waals surface area contributed by atoms with E-state index in [1.54, 1.807) is 7.11 Å². The number of benzene rings is 1. The van der Waals surface area contributed by atoms with Crippen LogP contribution < -0.4 is 4.74 Å². The lowest BCUT2D eigenvalue weighted by molar-refractivity contribution is 0.163. The Balaban J connectivity index is 1.51. The molecular weight excluding hydrogens is 281 g/mol. The maximum Gasteiger partial charge on any atom is 0.131 e. The average molecular weight is 303 g/mol. The smallest absolute Gasteiger partial charge is 0.131 e. The van der Waals surface area contributed by atoms with Gasteiger partial charge in [0.25, 0.3) is 0 Å². The Bertz CT molecular complexity index is 592. The molecule has 1 aliphatic rings. The molecule has 0 bridgehead atoms. The summed E-state index contributed by atoms with van der Waals surface area (Å²) in [6.45, 7) is 3.68. The van der Waals surface area contributed by atoms with Gasteiger partial charge in [0.15, 0.2) is 0 Å². The summed E-state index contributed by atoms with van der Waals surface area (Å²) in [5.41, 5.74) is 0.742. The topological polar surface area (TPSA) is 30.3 Å². The maximum absolute atomic E-state index is 14.0. The van der Waals surface area contributed by atoms with Gasteiger partial charge in [-0.1, -0.05) is 6.07 Å². The lowest BCUT2D eigenvalue weighted by atomic mass is 9.96. The third-order valence-corrected chi connectivity index (χ3v) is 4.37. The summed E-state index contributed by atoms with van der Waals surface area (Å²) in [7, 11) is 1.55. The summed E-state index contributed by atoms with van der Waals surface area (Å²) in [5, 5.41) is 4.27. The fourth-order valence-electron chi connectivity index (χ4n) is 3.02. The van der Waals surface area contributed by atoms with Crippen LogP contribution in [0.25, 0.3) is 0 Å². The minimum atomic E-state index is -0.182. The summed E-state index contributed by atoms with van der Waals surface area (Å²) >= 11 is 0. The number of methoxy groups -OCH3 is 1. The van der Waals surface area contributed by atoms with Gasteiger partial charge in [-0.25, -0.2) is 4.39 Å². The first-order chi connectivity index (χ1) is 10.7. The van der Waals surface area contributed by atoms with Crippen LogP contribution in [0.2, 0.25) is 0 Å². The number of hydrogen-bond acceptors (Lipinski definition) is 3. The minimum absolute atomic E-state index is 0.182. The number of likely N-dealkylation sites (tertiary alicyclic amines) is 1. The van der Waals surface area contributed by atoms with E-state index < -0.39 is 0 Å². The van der Waals surface area contributed by atoms with Crippen molar-refractivity contribution in [2.75, 3.05) is 20.2 Å². The van der Waals surface area contributed by atoms with Crippen LogP contribution in [0.5, 0.6) is 5.75 Å². The third-order valence-electron chi connectivity index (χ3n) is 4.37. The molecule has 1 fully saturated rings. The zero-order valence-electron chi connectivity index (χ0n) is 12.9. The molecule has 0 radical (unpaired) electrons. The molecule has 0 atom stereocenters. The number of halogens is 1. The van der Waals surface area contributed by atoms with Gasteiger partial charge < -0.3 is 4.74 Å². The van der Waals surface area contributed by atoms with Gasteiger partial charge >= 0.3 is 0 Å². The molecule has 1 aliphatic heterocycles. The predicted molar refractivity (Wildman–Crippen MR) is 83.2 cm³/mol. The van der Waals surface area contributed by atoms with Crippen molar-refractivity contribution in [2.45, 2.75) is 25.9 Å². The molecule has 1 saturated heterocycles. The van der Waals surface area contributed by atoms with Crippen LogP contribution in [0.1, 0.15) is 18.4 Å². The van der Waals surface area contributed by atoms with Crippen LogP contribution >= 0.6 is 0 Å². The molecule has 4 nitrogen and oxygen atoms in total. The molecule has 22 heavy (non-hydrogen) atoms. The summed E-state index contributed by atoms with van der Waals surface area (Å²) < 4.78 is 21.0. The van der Waals surface area contributed by atoms with Gasteiger partial charge in [0.2, 0.25) is 0 Å².